The summed E-state index contributed by atoms with van der Waals surface area (Å²) in [5.74, 6) is 1.81. The summed E-state index contributed by atoms with van der Waals surface area (Å²) in [6.07, 6.45) is 5.44. The molecule has 1 aliphatic rings. The van der Waals surface area contributed by atoms with Gasteiger partial charge in [-0.05, 0) is 18.8 Å². The molecule has 76 valence electrons. The average molecular weight is 182 g/mol. The van der Waals surface area contributed by atoms with Gasteiger partial charge in [0.1, 0.15) is 0 Å². The summed E-state index contributed by atoms with van der Waals surface area (Å²) in [4.78, 5) is 4.39. The molecule has 0 unspecified atom stereocenters. The Balaban J connectivity index is 2.14. The van der Waals surface area contributed by atoms with Gasteiger partial charge in [-0.1, -0.05) is 33.6 Å². The van der Waals surface area contributed by atoms with Gasteiger partial charge in [0.15, 0.2) is 0 Å². The summed E-state index contributed by atoms with van der Waals surface area (Å²) in [6.45, 7) is 7.23. The highest BCUT2D eigenvalue weighted by molar-refractivity contribution is 5.85. The lowest BCUT2D eigenvalue weighted by atomic mass is 9.95. The Morgan fingerprint density at radius 1 is 1.38 bits per heavy atom. The van der Waals surface area contributed by atoms with E-state index in [0.29, 0.717) is 0 Å². The van der Waals surface area contributed by atoms with E-state index in [1.54, 1.807) is 0 Å². The Kier molecular flexibility index (Phi) is 3.34. The Morgan fingerprint density at radius 3 is 2.46 bits per heavy atom. The topological polar surface area (TPSA) is 38.4 Å². The van der Waals surface area contributed by atoms with Crippen LogP contribution in [-0.2, 0) is 0 Å². The number of hydrogen-bond acceptors (Lipinski definition) is 1. The quantitative estimate of drug-likeness (QED) is 0.405. The Bertz CT molecular complexity index is 185. The molecule has 2 heteroatoms. The normalized spacial score (nSPS) is 19.2. The fourth-order valence-corrected chi connectivity index (χ4v) is 1.22. The molecule has 0 aliphatic heterocycles. The highest BCUT2D eigenvalue weighted by atomic mass is 14.9. The maximum atomic E-state index is 5.83. The standard InChI is InChI=1S/C11H22N2/c1-11(2,3)10(12)13-8-4-5-9-6-7-9/h9H,4-8H2,1-3H3,(H2,12,13). The van der Waals surface area contributed by atoms with Crippen LogP contribution in [0.4, 0.5) is 0 Å². The lowest BCUT2D eigenvalue weighted by molar-refractivity contribution is 0.577. The fourth-order valence-electron chi connectivity index (χ4n) is 1.22. The first-order valence-corrected chi connectivity index (χ1v) is 5.30. The molecular weight excluding hydrogens is 160 g/mol. The third-order valence-corrected chi connectivity index (χ3v) is 2.52. The highest BCUT2D eigenvalue weighted by Gasteiger charge is 2.20. The predicted molar refractivity (Wildman–Crippen MR) is 57.9 cm³/mol. The monoisotopic (exact) mass is 182 g/mol. The largest absolute Gasteiger partial charge is 0.387 e. The predicted octanol–water partition coefficient (Wildman–Crippen LogP) is 2.58. The fraction of sp³-hybridized carbons (Fsp3) is 0.909. The van der Waals surface area contributed by atoms with Crippen LogP contribution < -0.4 is 5.73 Å². The van der Waals surface area contributed by atoms with Crippen molar-refractivity contribution in [3.63, 3.8) is 0 Å². The van der Waals surface area contributed by atoms with Gasteiger partial charge in [-0.25, -0.2) is 0 Å². The molecule has 0 atom stereocenters. The highest BCUT2D eigenvalue weighted by Crippen LogP contribution is 2.33. The lowest BCUT2D eigenvalue weighted by Gasteiger charge is -2.17. The van der Waals surface area contributed by atoms with Crippen molar-refractivity contribution >= 4 is 5.84 Å². The molecule has 2 nitrogen and oxygen atoms in total. The van der Waals surface area contributed by atoms with Crippen molar-refractivity contribution in [2.45, 2.75) is 46.5 Å². The van der Waals surface area contributed by atoms with Gasteiger partial charge in [-0.3, -0.25) is 4.99 Å². The van der Waals surface area contributed by atoms with Crippen molar-refractivity contribution in [1.29, 1.82) is 0 Å². The van der Waals surface area contributed by atoms with Crippen molar-refractivity contribution in [2.75, 3.05) is 6.54 Å². The summed E-state index contributed by atoms with van der Waals surface area (Å²) in [6, 6.07) is 0. The number of aliphatic imine (C=N–C) groups is 1. The van der Waals surface area contributed by atoms with Crippen LogP contribution >= 0.6 is 0 Å². The van der Waals surface area contributed by atoms with Crippen LogP contribution in [0.15, 0.2) is 4.99 Å². The van der Waals surface area contributed by atoms with Gasteiger partial charge in [0.25, 0.3) is 0 Å². The maximum absolute atomic E-state index is 5.83. The zero-order valence-corrected chi connectivity index (χ0v) is 9.14. The number of amidine groups is 1. The van der Waals surface area contributed by atoms with Crippen molar-refractivity contribution in [3.05, 3.63) is 0 Å². The third kappa shape index (κ3) is 4.30. The van der Waals surface area contributed by atoms with E-state index >= 15 is 0 Å². The molecule has 0 spiro atoms. The molecular formula is C11H22N2. The van der Waals surface area contributed by atoms with Gasteiger partial charge in [-0.2, -0.15) is 0 Å². The molecule has 0 aromatic carbocycles. The second kappa shape index (κ2) is 4.12. The molecule has 0 heterocycles. The molecule has 2 N–H and O–H groups in total. The van der Waals surface area contributed by atoms with Gasteiger partial charge in [0.05, 0.1) is 5.84 Å². The smallest absolute Gasteiger partial charge is 0.0991 e. The molecule has 13 heavy (non-hydrogen) atoms. The Labute approximate surface area is 81.6 Å². The third-order valence-electron chi connectivity index (χ3n) is 2.52. The van der Waals surface area contributed by atoms with E-state index in [2.05, 4.69) is 25.8 Å². The maximum Gasteiger partial charge on any atom is 0.0991 e. The van der Waals surface area contributed by atoms with Gasteiger partial charge in [0.2, 0.25) is 0 Å². The van der Waals surface area contributed by atoms with E-state index < -0.39 is 0 Å². The van der Waals surface area contributed by atoms with E-state index in [1.807, 2.05) is 0 Å². The van der Waals surface area contributed by atoms with Crippen molar-refractivity contribution in [1.82, 2.24) is 0 Å². The van der Waals surface area contributed by atoms with Crippen LogP contribution in [0.1, 0.15) is 46.5 Å². The number of hydrogen-bond donors (Lipinski definition) is 1. The van der Waals surface area contributed by atoms with Crippen LogP contribution in [0.2, 0.25) is 0 Å². The Morgan fingerprint density at radius 2 is 2.00 bits per heavy atom. The van der Waals surface area contributed by atoms with Crippen LogP contribution in [0, 0.1) is 11.3 Å². The average Bonchev–Trinajstić information content (AvgIpc) is 2.79. The van der Waals surface area contributed by atoms with Crippen LogP contribution in [-0.4, -0.2) is 12.4 Å². The SMILES string of the molecule is CC(C)(C)C(N)=NCCCC1CC1. The molecule has 0 aromatic heterocycles. The van der Waals surface area contributed by atoms with Gasteiger partial charge in [0, 0.05) is 12.0 Å². The lowest BCUT2D eigenvalue weighted by Crippen LogP contribution is -2.29. The van der Waals surface area contributed by atoms with Crippen molar-refractivity contribution in [2.24, 2.45) is 22.1 Å². The second-order valence-corrected chi connectivity index (χ2v) is 5.10. The first-order chi connectivity index (χ1) is 6.00. The minimum absolute atomic E-state index is 0.0413. The van der Waals surface area contributed by atoms with E-state index in [0.717, 1.165) is 18.3 Å². The first-order valence-electron chi connectivity index (χ1n) is 5.30. The van der Waals surface area contributed by atoms with E-state index in [4.69, 9.17) is 5.73 Å². The second-order valence-electron chi connectivity index (χ2n) is 5.10. The molecule has 0 amide bonds. The molecule has 1 aliphatic carbocycles. The van der Waals surface area contributed by atoms with Gasteiger partial charge < -0.3 is 5.73 Å². The van der Waals surface area contributed by atoms with Crippen LogP contribution in [0.25, 0.3) is 0 Å². The van der Waals surface area contributed by atoms with E-state index in [1.165, 1.54) is 25.7 Å². The van der Waals surface area contributed by atoms with Crippen LogP contribution in [0.3, 0.4) is 0 Å². The Hall–Kier alpha value is -0.530. The summed E-state index contributed by atoms with van der Waals surface area (Å²) in [5, 5.41) is 0. The summed E-state index contributed by atoms with van der Waals surface area (Å²) >= 11 is 0. The zero-order valence-electron chi connectivity index (χ0n) is 9.14. The summed E-state index contributed by atoms with van der Waals surface area (Å²) in [5.41, 5.74) is 5.87. The molecule has 1 fully saturated rings. The number of nitrogens with zero attached hydrogens (tertiary/aromatic N) is 1. The molecule has 0 bridgehead atoms. The van der Waals surface area contributed by atoms with E-state index in [-0.39, 0.29) is 5.41 Å². The van der Waals surface area contributed by atoms with E-state index in [9.17, 15) is 0 Å². The molecule has 0 saturated heterocycles. The van der Waals surface area contributed by atoms with Gasteiger partial charge >= 0.3 is 0 Å². The number of nitrogens with two attached hydrogens (primary N) is 1. The van der Waals surface area contributed by atoms with Gasteiger partial charge in [-0.15, -0.1) is 0 Å². The first kappa shape index (κ1) is 10.6. The van der Waals surface area contributed by atoms with Crippen molar-refractivity contribution < 1.29 is 0 Å². The zero-order chi connectivity index (χ0) is 9.90. The molecule has 0 aromatic rings. The minimum Gasteiger partial charge on any atom is -0.387 e. The molecule has 1 rings (SSSR count). The summed E-state index contributed by atoms with van der Waals surface area (Å²) in [7, 11) is 0. The van der Waals surface area contributed by atoms with Crippen molar-refractivity contribution in [3.8, 4) is 0 Å². The molecule has 1 saturated carbocycles. The van der Waals surface area contributed by atoms with Crippen LogP contribution in [0.5, 0.6) is 0 Å². The molecule has 0 radical (unpaired) electrons. The summed E-state index contributed by atoms with van der Waals surface area (Å²) < 4.78 is 0. The minimum atomic E-state index is 0.0413. The number of rotatable bonds is 4.